The molecule has 2 aliphatic rings. The van der Waals surface area contributed by atoms with Crippen molar-refractivity contribution >= 4 is 29.6 Å². The number of H-pyrrole nitrogens is 1. The van der Waals surface area contributed by atoms with Gasteiger partial charge >= 0.3 is 0 Å². The van der Waals surface area contributed by atoms with E-state index in [9.17, 15) is 4.39 Å². The molecule has 2 fully saturated rings. The van der Waals surface area contributed by atoms with Crippen molar-refractivity contribution in [1.29, 1.82) is 0 Å². The van der Waals surface area contributed by atoms with Crippen LogP contribution in [0.5, 0.6) is 0 Å². The lowest BCUT2D eigenvalue weighted by atomic mass is 10.3. The van der Waals surface area contributed by atoms with Crippen molar-refractivity contribution < 1.29 is 9.18 Å². The first-order chi connectivity index (χ1) is 12.8. The number of aromatic amines is 1. The van der Waals surface area contributed by atoms with Crippen LogP contribution in [0.3, 0.4) is 0 Å². The lowest BCUT2D eigenvalue weighted by Gasteiger charge is -2.16. The average molecular weight is 357 g/mol. The highest BCUT2D eigenvalue weighted by molar-refractivity contribution is 5.73. The Bertz CT molecular complexity index is 896. The number of hydrogen-bond donors (Lipinski definition) is 2. The molecule has 0 unspecified atom stereocenters. The van der Waals surface area contributed by atoms with Gasteiger partial charge in [0.15, 0.2) is 11.6 Å². The van der Waals surface area contributed by atoms with Crippen LogP contribution in [0, 0.1) is 0 Å². The summed E-state index contributed by atoms with van der Waals surface area (Å²) in [5.41, 5.74) is 2.18. The van der Waals surface area contributed by atoms with Gasteiger partial charge in [0, 0.05) is 37.0 Å². The first-order valence-electron chi connectivity index (χ1n) is 8.75. The van der Waals surface area contributed by atoms with Gasteiger partial charge in [-0.15, -0.1) is 5.10 Å². The Hall–Kier alpha value is -2.97. The molecule has 2 N–H and O–H groups in total. The van der Waals surface area contributed by atoms with E-state index in [2.05, 4.69) is 31.6 Å². The average Bonchev–Trinajstić information content (AvgIpc) is 3.08. The summed E-state index contributed by atoms with van der Waals surface area (Å²) in [6.07, 6.45) is 6.90. The lowest BCUT2D eigenvalue weighted by Crippen LogP contribution is -2.22. The molecule has 136 valence electrons. The van der Waals surface area contributed by atoms with Crippen molar-refractivity contribution in [2.75, 3.05) is 23.3 Å². The van der Waals surface area contributed by atoms with Crippen LogP contribution in [0.4, 0.5) is 22.0 Å². The fourth-order valence-electron chi connectivity index (χ4n) is 3.19. The number of rotatable bonds is 4. The topological polar surface area (TPSA) is 91.2 Å². The number of nitrogens with one attached hydrogen (secondary N) is 2. The molecule has 0 spiro atoms. The Kier molecular flexibility index (Phi) is 4.51. The molecular weight excluding hydrogens is 337 g/mol. The van der Waals surface area contributed by atoms with Crippen LogP contribution in [0.25, 0.3) is 5.52 Å². The summed E-state index contributed by atoms with van der Waals surface area (Å²) in [6.45, 7) is 1.31. The third-order valence-corrected chi connectivity index (χ3v) is 4.63. The first-order valence-corrected chi connectivity index (χ1v) is 8.75. The Morgan fingerprint density at radius 2 is 2.08 bits per heavy atom. The van der Waals surface area contributed by atoms with E-state index in [0.29, 0.717) is 5.92 Å². The van der Waals surface area contributed by atoms with E-state index in [1.165, 1.54) is 31.4 Å². The second kappa shape index (κ2) is 7.11. The number of aromatic nitrogens is 5. The van der Waals surface area contributed by atoms with Crippen LogP contribution >= 0.6 is 0 Å². The van der Waals surface area contributed by atoms with E-state index in [-0.39, 0.29) is 0 Å². The van der Waals surface area contributed by atoms with E-state index in [0.717, 1.165) is 36.2 Å². The predicted molar refractivity (Wildman–Crippen MR) is 96.1 cm³/mol. The van der Waals surface area contributed by atoms with Crippen molar-refractivity contribution in [1.82, 2.24) is 24.8 Å². The minimum absolute atomic E-state index is 0.664. The van der Waals surface area contributed by atoms with Crippen LogP contribution in [0.2, 0.25) is 0 Å². The van der Waals surface area contributed by atoms with Crippen molar-refractivity contribution in [3.63, 3.8) is 0 Å². The van der Waals surface area contributed by atoms with Gasteiger partial charge in [-0.25, -0.2) is 4.52 Å². The maximum Gasteiger partial charge on any atom is 0.289 e. The summed E-state index contributed by atoms with van der Waals surface area (Å²) in [5, 5.41) is 15.5. The van der Waals surface area contributed by atoms with Gasteiger partial charge in [0.2, 0.25) is 5.95 Å². The van der Waals surface area contributed by atoms with Crippen molar-refractivity contribution in [3.8, 4) is 0 Å². The van der Waals surface area contributed by atoms with Crippen LogP contribution in [-0.4, -0.2) is 44.4 Å². The zero-order valence-corrected chi connectivity index (χ0v) is 14.2. The van der Waals surface area contributed by atoms with Crippen LogP contribution in [-0.2, 0) is 4.79 Å². The summed E-state index contributed by atoms with van der Waals surface area (Å²) in [5.74, 6) is 3.07. The van der Waals surface area contributed by atoms with Crippen molar-refractivity contribution in [3.05, 3.63) is 30.1 Å². The molecule has 1 saturated heterocycles. The second-order valence-corrected chi connectivity index (χ2v) is 6.49. The molecule has 3 aromatic heterocycles. The number of fused-ring (bicyclic) bond motifs is 1. The number of nitrogens with zero attached hydrogens (tertiary/aromatic N) is 5. The molecule has 9 heteroatoms. The van der Waals surface area contributed by atoms with E-state index < -0.39 is 6.54 Å². The fraction of sp³-hybridized carbons (Fsp3) is 0.412. The third-order valence-electron chi connectivity index (χ3n) is 4.63. The highest BCUT2D eigenvalue weighted by atomic mass is 19.1. The molecule has 0 radical (unpaired) electrons. The van der Waals surface area contributed by atoms with Gasteiger partial charge in [0.25, 0.3) is 6.54 Å². The Morgan fingerprint density at radius 1 is 1.31 bits per heavy atom. The van der Waals surface area contributed by atoms with Crippen LogP contribution in [0.1, 0.15) is 37.3 Å². The molecule has 0 aromatic carbocycles. The molecule has 3 aromatic rings. The molecule has 5 rings (SSSR count). The SMILES string of the molecule is O=CF.c1cc2c(Nc3cc(C4CC4)[nH]n3)nc(N3CCCC3)nn2c1. The summed E-state index contributed by atoms with van der Waals surface area (Å²) in [6, 6.07) is 6.10. The molecule has 4 heterocycles. The summed E-state index contributed by atoms with van der Waals surface area (Å²) in [4.78, 5) is 15.1. The maximum atomic E-state index is 9.61. The maximum absolute atomic E-state index is 9.61. The molecule has 0 bridgehead atoms. The first kappa shape index (κ1) is 16.5. The van der Waals surface area contributed by atoms with Gasteiger partial charge < -0.3 is 10.2 Å². The van der Waals surface area contributed by atoms with Gasteiger partial charge in [-0.3, -0.25) is 9.89 Å². The molecule has 1 aliphatic carbocycles. The van der Waals surface area contributed by atoms with E-state index in [4.69, 9.17) is 9.78 Å². The minimum Gasteiger partial charge on any atom is -0.340 e. The molecule has 0 atom stereocenters. The number of halogens is 1. The number of anilines is 3. The van der Waals surface area contributed by atoms with Gasteiger partial charge in [-0.05, 0) is 37.8 Å². The summed E-state index contributed by atoms with van der Waals surface area (Å²) < 4.78 is 11.5. The van der Waals surface area contributed by atoms with Crippen molar-refractivity contribution in [2.24, 2.45) is 0 Å². The fourth-order valence-corrected chi connectivity index (χ4v) is 3.19. The van der Waals surface area contributed by atoms with Gasteiger partial charge in [0.05, 0.1) is 0 Å². The zero-order valence-electron chi connectivity index (χ0n) is 14.2. The molecule has 1 aliphatic heterocycles. The number of carbonyl (C=O) groups excluding carboxylic acids is 1. The Balaban J connectivity index is 0.000000527. The second-order valence-electron chi connectivity index (χ2n) is 6.49. The summed E-state index contributed by atoms with van der Waals surface area (Å²) >= 11 is 0. The zero-order chi connectivity index (χ0) is 17.9. The summed E-state index contributed by atoms with van der Waals surface area (Å²) in [7, 11) is 0. The highest BCUT2D eigenvalue weighted by Crippen LogP contribution is 2.39. The van der Waals surface area contributed by atoms with E-state index in [1.807, 2.05) is 22.8 Å². The highest BCUT2D eigenvalue weighted by Gasteiger charge is 2.25. The van der Waals surface area contributed by atoms with Gasteiger partial charge in [0.1, 0.15) is 5.52 Å². The van der Waals surface area contributed by atoms with E-state index in [1.54, 1.807) is 0 Å². The molecule has 1 saturated carbocycles. The lowest BCUT2D eigenvalue weighted by molar-refractivity contribution is 0.510. The normalized spacial score (nSPS) is 16.4. The van der Waals surface area contributed by atoms with Gasteiger partial charge in [-0.1, -0.05) is 0 Å². The monoisotopic (exact) mass is 357 g/mol. The molecular formula is C17H20FN7O. The minimum atomic E-state index is -0.750. The van der Waals surface area contributed by atoms with Crippen LogP contribution in [0.15, 0.2) is 24.4 Å². The molecule has 0 amide bonds. The quantitative estimate of drug-likeness (QED) is 0.551. The smallest absolute Gasteiger partial charge is 0.289 e. The molecule has 26 heavy (non-hydrogen) atoms. The number of carbonyl (C=O) groups is 1. The van der Waals surface area contributed by atoms with Gasteiger partial charge in [-0.2, -0.15) is 14.5 Å². The Morgan fingerprint density at radius 3 is 2.81 bits per heavy atom. The Labute approximate surface area is 149 Å². The molecule has 8 nitrogen and oxygen atoms in total. The predicted octanol–water partition coefficient (Wildman–Crippen LogP) is 2.82. The largest absolute Gasteiger partial charge is 0.340 e. The van der Waals surface area contributed by atoms with Crippen LogP contribution < -0.4 is 10.2 Å². The standard InChI is InChI=1S/C16H19N7.CHFO/c1-2-8-22(7-1)16-18-15(13-4-3-9-23(13)21-16)17-14-10-12(19-20-14)11-5-6-11;2-1-3/h3-4,9-11H,1-2,5-8H2,(H2,17,18,19,20,21);1H. The third kappa shape index (κ3) is 3.37. The van der Waals surface area contributed by atoms with Crippen molar-refractivity contribution in [2.45, 2.75) is 31.6 Å². The number of hydrogen-bond acceptors (Lipinski definition) is 6. The van der Waals surface area contributed by atoms with E-state index >= 15 is 0 Å².